The van der Waals surface area contributed by atoms with Gasteiger partial charge in [-0.15, -0.1) is 0 Å². The number of aliphatic carboxylic acids is 1. The molecule has 1 aromatic rings. The van der Waals surface area contributed by atoms with E-state index in [-0.39, 0.29) is 5.71 Å². The number of nitrogens with zero attached hydrogens (tertiary/aromatic N) is 1. The molecule has 2 rings (SSSR count). The van der Waals surface area contributed by atoms with Gasteiger partial charge in [-0.2, -0.15) is 0 Å². The van der Waals surface area contributed by atoms with Crippen LogP contribution in [-0.4, -0.2) is 16.8 Å². The summed E-state index contributed by atoms with van der Waals surface area (Å²) >= 11 is 0. The summed E-state index contributed by atoms with van der Waals surface area (Å²) in [6.45, 7) is 3.84. The first-order valence-corrected chi connectivity index (χ1v) is 4.26. The number of hydrogen-bond acceptors (Lipinski definition) is 2. The average molecular weight is 187 g/mol. The van der Waals surface area contributed by atoms with E-state index in [1.807, 2.05) is 18.2 Å². The highest BCUT2D eigenvalue weighted by molar-refractivity contribution is 6.38. The van der Waals surface area contributed by atoms with Gasteiger partial charge in [-0.1, -0.05) is 24.8 Å². The lowest BCUT2D eigenvalue weighted by atomic mass is 9.97. The Hall–Kier alpha value is -1.90. The zero-order valence-electron chi connectivity index (χ0n) is 7.53. The van der Waals surface area contributed by atoms with Crippen LogP contribution in [0.1, 0.15) is 12.0 Å². The molecule has 1 N–H and O–H groups in total. The maximum atomic E-state index is 10.7. The molecule has 0 aromatic heterocycles. The number of carboxylic acid groups (broad SMARTS) is 1. The fourth-order valence-electron chi connectivity index (χ4n) is 1.48. The van der Waals surface area contributed by atoms with Crippen molar-refractivity contribution in [3.63, 3.8) is 0 Å². The van der Waals surface area contributed by atoms with Crippen LogP contribution in [0.25, 0.3) is 5.57 Å². The van der Waals surface area contributed by atoms with Gasteiger partial charge in [0.1, 0.15) is 5.71 Å². The first-order valence-electron chi connectivity index (χ1n) is 4.26. The number of aliphatic imine (C=N–C) groups is 1. The van der Waals surface area contributed by atoms with Gasteiger partial charge < -0.3 is 5.11 Å². The number of hydrogen-bond donors (Lipinski definition) is 1. The third-order valence-electron chi connectivity index (χ3n) is 2.17. The van der Waals surface area contributed by atoms with Gasteiger partial charge in [-0.05, 0) is 11.6 Å². The Labute approximate surface area is 81.4 Å². The number of carboxylic acids is 1. The first-order chi connectivity index (χ1) is 6.68. The Morgan fingerprint density at radius 2 is 2.14 bits per heavy atom. The molecule has 0 bridgehead atoms. The van der Waals surface area contributed by atoms with Gasteiger partial charge in [-0.25, -0.2) is 9.79 Å². The molecule has 0 atom stereocenters. The van der Waals surface area contributed by atoms with Gasteiger partial charge >= 0.3 is 5.97 Å². The maximum Gasteiger partial charge on any atom is 0.350 e. The molecule has 0 fully saturated rings. The molecule has 1 heterocycles. The van der Waals surface area contributed by atoms with E-state index in [1.165, 1.54) is 0 Å². The topological polar surface area (TPSA) is 49.7 Å². The minimum Gasteiger partial charge on any atom is -0.477 e. The summed E-state index contributed by atoms with van der Waals surface area (Å²) in [4.78, 5) is 14.8. The van der Waals surface area contributed by atoms with Crippen molar-refractivity contribution in [1.29, 1.82) is 0 Å². The monoisotopic (exact) mass is 187 g/mol. The van der Waals surface area contributed by atoms with E-state index in [4.69, 9.17) is 5.11 Å². The fourth-order valence-corrected chi connectivity index (χ4v) is 1.48. The third-order valence-corrected chi connectivity index (χ3v) is 2.17. The molecule has 3 heteroatoms. The fraction of sp³-hybridized carbons (Fsp3) is 0.0909. The zero-order valence-corrected chi connectivity index (χ0v) is 7.53. The van der Waals surface area contributed by atoms with Crippen LogP contribution in [0, 0.1) is 0 Å². The summed E-state index contributed by atoms with van der Waals surface area (Å²) in [7, 11) is 0. The predicted octanol–water partition coefficient (Wildman–Crippen LogP) is 2.26. The molecule has 0 amide bonds. The van der Waals surface area contributed by atoms with Crippen LogP contribution >= 0.6 is 0 Å². The third kappa shape index (κ3) is 1.33. The highest BCUT2D eigenvalue weighted by Gasteiger charge is 2.19. The number of allylic oxidation sites excluding steroid dienone is 1. The number of para-hydroxylation sites is 1. The van der Waals surface area contributed by atoms with E-state index in [9.17, 15) is 4.79 Å². The lowest BCUT2D eigenvalue weighted by Gasteiger charge is -2.14. The van der Waals surface area contributed by atoms with Crippen LogP contribution in [0.5, 0.6) is 0 Å². The van der Waals surface area contributed by atoms with Gasteiger partial charge in [-0.3, -0.25) is 0 Å². The van der Waals surface area contributed by atoms with Crippen molar-refractivity contribution in [2.45, 2.75) is 6.42 Å². The Kier molecular flexibility index (Phi) is 1.93. The Morgan fingerprint density at radius 1 is 1.43 bits per heavy atom. The van der Waals surface area contributed by atoms with Crippen molar-refractivity contribution in [1.82, 2.24) is 0 Å². The second-order valence-corrected chi connectivity index (χ2v) is 3.16. The quantitative estimate of drug-likeness (QED) is 0.733. The summed E-state index contributed by atoms with van der Waals surface area (Å²) < 4.78 is 0. The molecule has 0 unspecified atom stereocenters. The molecule has 3 nitrogen and oxygen atoms in total. The molecule has 0 radical (unpaired) electrons. The van der Waals surface area contributed by atoms with Crippen molar-refractivity contribution < 1.29 is 9.90 Å². The van der Waals surface area contributed by atoms with E-state index in [2.05, 4.69) is 11.6 Å². The SMILES string of the molecule is C=C1CC(C(=O)O)=Nc2ccccc21. The second kappa shape index (κ2) is 3.10. The lowest BCUT2D eigenvalue weighted by molar-refractivity contribution is -0.129. The lowest BCUT2D eigenvalue weighted by Crippen LogP contribution is -2.15. The molecule has 0 aliphatic carbocycles. The molecule has 0 saturated carbocycles. The molecule has 14 heavy (non-hydrogen) atoms. The van der Waals surface area contributed by atoms with Crippen molar-refractivity contribution in [2.75, 3.05) is 0 Å². The average Bonchev–Trinajstić information content (AvgIpc) is 2.17. The Balaban J connectivity index is 2.56. The van der Waals surface area contributed by atoms with E-state index < -0.39 is 5.97 Å². The second-order valence-electron chi connectivity index (χ2n) is 3.16. The van der Waals surface area contributed by atoms with Crippen LogP contribution in [-0.2, 0) is 4.79 Å². The molecule has 1 aliphatic rings. The molecule has 0 spiro atoms. The van der Waals surface area contributed by atoms with Crippen molar-refractivity contribution in [3.05, 3.63) is 36.4 Å². The summed E-state index contributed by atoms with van der Waals surface area (Å²) in [6.07, 6.45) is 0.326. The van der Waals surface area contributed by atoms with Gasteiger partial charge in [0.15, 0.2) is 0 Å². The molecule has 0 saturated heterocycles. The van der Waals surface area contributed by atoms with E-state index in [0.29, 0.717) is 12.1 Å². The number of benzene rings is 1. The van der Waals surface area contributed by atoms with E-state index >= 15 is 0 Å². The van der Waals surface area contributed by atoms with E-state index in [0.717, 1.165) is 11.1 Å². The first kappa shape index (κ1) is 8.69. The highest BCUT2D eigenvalue weighted by Crippen LogP contribution is 2.32. The van der Waals surface area contributed by atoms with Crippen LogP contribution in [0.15, 0.2) is 35.8 Å². The van der Waals surface area contributed by atoms with Crippen molar-refractivity contribution in [2.24, 2.45) is 4.99 Å². The molecule has 1 aliphatic heterocycles. The number of carbonyl (C=O) groups is 1. The van der Waals surface area contributed by atoms with Gasteiger partial charge in [0.25, 0.3) is 0 Å². The van der Waals surface area contributed by atoms with Gasteiger partial charge in [0.2, 0.25) is 0 Å². The summed E-state index contributed by atoms with van der Waals surface area (Å²) in [5.41, 5.74) is 2.61. The summed E-state index contributed by atoms with van der Waals surface area (Å²) in [6, 6.07) is 7.42. The number of rotatable bonds is 1. The molecule has 1 aromatic carbocycles. The van der Waals surface area contributed by atoms with Crippen LogP contribution in [0.2, 0.25) is 0 Å². The van der Waals surface area contributed by atoms with Gasteiger partial charge in [0.05, 0.1) is 5.69 Å². The van der Waals surface area contributed by atoms with Crippen LogP contribution < -0.4 is 0 Å². The van der Waals surface area contributed by atoms with Crippen molar-refractivity contribution >= 4 is 22.9 Å². The zero-order chi connectivity index (χ0) is 10.1. The summed E-state index contributed by atoms with van der Waals surface area (Å²) in [5, 5.41) is 8.81. The largest absolute Gasteiger partial charge is 0.477 e. The van der Waals surface area contributed by atoms with Gasteiger partial charge in [0, 0.05) is 12.0 Å². The Morgan fingerprint density at radius 3 is 2.86 bits per heavy atom. The van der Waals surface area contributed by atoms with Crippen LogP contribution in [0.4, 0.5) is 5.69 Å². The standard InChI is InChI=1S/C11H9NO2/c1-7-6-10(11(13)14)12-9-5-3-2-4-8(7)9/h2-5H,1,6H2,(H,13,14). The minimum absolute atomic E-state index is 0.161. The van der Waals surface area contributed by atoms with E-state index in [1.54, 1.807) is 6.07 Å². The number of fused-ring (bicyclic) bond motifs is 1. The summed E-state index contributed by atoms with van der Waals surface area (Å²) in [5.74, 6) is -0.972. The smallest absolute Gasteiger partial charge is 0.350 e. The normalized spacial score (nSPS) is 14.6. The van der Waals surface area contributed by atoms with Crippen LogP contribution in [0.3, 0.4) is 0 Å². The Bertz CT molecular complexity index is 446. The predicted molar refractivity (Wildman–Crippen MR) is 54.8 cm³/mol. The molecular formula is C11H9NO2. The molecular weight excluding hydrogens is 178 g/mol. The minimum atomic E-state index is -0.972. The highest BCUT2D eigenvalue weighted by atomic mass is 16.4. The molecule has 70 valence electrons. The van der Waals surface area contributed by atoms with Crippen molar-refractivity contribution in [3.8, 4) is 0 Å². The maximum absolute atomic E-state index is 10.7.